The van der Waals surface area contributed by atoms with Crippen LogP contribution in [0.4, 0.5) is 17.3 Å². The lowest BCUT2D eigenvalue weighted by Gasteiger charge is -2.35. The van der Waals surface area contributed by atoms with Gasteiger partial charge in [0, 0.05) is 49.5 Å². The van der Waals surface area contributed by atoms with E-state index in [0.29, 0.717) is 12.4 Å². The summed E-state index contributed by atoms with van der Waals surface area (Å²) in [5, 5.41) is 17.0. The number of nitrogens with one attached hydrogen (secondary N) is 1. The van der Waals surface area contributed by atoms with Gasteiger partial charge in [-0.3, -0.25) is 4.68 Å². The van der Waals surface area contributed by atoms with Gasteiger partial charge in [-0.05, 0) is 61.7 Å². The molecule has 170 valence electrons. The lowest BCUT2D eigenvalue weighted by molar-refractivity contribution is 0.313. The van der Waals surface area contributed by atoms with Crippen LogP contribution in [0.5, 0.6) is 0 Å². The Morgan fingerprint density at radius 3 is 2.42 bits per heavy atom. The summed E-state index contributed by atoms with van der Waals surface area (Å²) in [6.07, 6.45) is 4.49. The fraction of sp³-hybridized carbons (Fsp3) is 0.423. The van der Waals surface area contributed by atoms with Crippen molar-refractivity contribution in [1.82, 2.24) is 19.7 Å². The molecule has 0 unspecified atom stereocenters. The number of aromatic nitrogens is 3. The summed E-state index contributed by atoms with van der Waals surface area (Å²) in [6, 6.07) is 17.7. The van der Waals surface area contributed by atoms with E-state index in [4.69, 9.17) is 5.26 Å². The van der Waals surface area contributed by atoms with E-state index in [1.165, 1.54) is 16.8 Å². The molecular formula is C26H31N7. The molecule has 0 bridgehead atoms. The number of aryl methyl sites for hydroxylation is 1. The van der Waals surface area contributed by atoms with E-state index < -0.39 is 0 Å². The zero-order valence-corrected chi connectivity index (χ0v) is 19.5. The second-order valence-corrected chi connectivity index (χ2v) is 9.22. The van der Waals surface area contributed by atoms with Crippen LogP contribution in [0.25, 0.3) is 0 Å². The van der Waals surface area contributed by atoms with E-state index in [1.807, 2.05) is 4.68 Å². The first-order valence-electron chi connectivity index (χ1n) is 11.8. The average molecular weight is 442 g/mol. The van der Waals surface area contributed by atoms with Gasteiger partial charge in [-0.25, -0.2) is 4.98 Å². The minimum atomic E-state index is 0.0421. The van der Waals surface area contributed by atoms with Gasteiger partial charge in [-0.15, -0.1) is 5.10 Å². The normalized spacial score (nSPS) is 17.5. The molecule has 1 aliphatic heterocycles. The van der Waals surface area contributed by atoms with Crippen LogP contribution in [0.2, 0.25) is 0 Å². The lowest BCUT2D eigenvalue weighted by atomic mass is 9.86. The average Bonchev–Trinajstić information content (AvgIpc) is 3.53. The molecule has 1 aliphatic carbocycles. The van der Waals surface area contributed by atoms with Crippen LogP contribution < -0.4 is 10.2 Å². The van der Waals surface area contributed by atoms with Crippen molar-refractivity contribution in [3.8, 4) is 6.07 Å². The molecule has 7 heteroatoms. The van der Waals surface area contributed by atoms with Crippen LogP contribution in [0, 0.1) is 11.3 Å². The number of benzene rings is 2. The second-order valence-electron chi connectivity index (χ2n) is 9.22. The van der Waals surface area contributed by atoms with E-state index in [2.05, 4.69) is 87.7 Å². The maximum atomic E-state index is 9.00. The number of hydrogen-bond donors (Lipinski definition) is 1. The van der Waals surface area contributed by atoms with E-state index >= 15 is 0 Å². The van der Waals surface area contributed by atoms with Crippen LogP contribution in [-0.2, 0) is 18.4 Å². The van der Waals surface area contributed by atoms with Gasteiger partial charge < -0.3 is 15.1 Å². The molecule has 2 aromatic carbocycles. The molecule has 0 amide bonds. The first kappa shape index (κ1) is 21.5. The first-order chi connectivity index (χ1) is 16.1. The van der Waals surface area contributed by atoms with Crippen molar-refractivity contribution in [2.24, 2.45) is 0 Å². The topological polar surface area (TPSA) is 73.0 Å². The number of piperazine rings is 1. The maximum Gasteiger partial charge on any atom is 0.246 e. The van der Waals surface area contributed by atoms with Crippen LogP contribution in [0.15, 0.2) is 48.8 Å². The Bertz CT molecular complexity index is 1150. The SMILES string of the molecule is CCn1cnc(Nc2cc(N3CCN(C)CC3)cc(C3(c4ccc(CC#N)cc4)CC3)c2)n1. The third-order valence-electron chi connectivity index (χ3n) is 7.00. The van der Waals surface area contributed by atoms with Gasteiger partial charge in [0.1, 0.15) is 6.33 Å². The second kappa shape index (κ2) is 8.87. The molecule has 33 heavy (non-hydrogen) atoms. The summed E-state index contributed by atoms with van der Waals surface area (Å²) >= 11 is 0. The minimum Gasteiger partial charge on any atom is -0.369 e. The summed E-state index contributed by atoms with van der Waals surface area (Å²) in [5.74, 6) is 0.629. The van der Waals surface area contributed by atoms with Crippen molar-refractivity contribution in [3.05, 3.63) is 65.5 Å². The Hall–Kier alpha value is -3.37. The van der Waals surface area contributed by atoms with Crippen LogP contribution >= 0.6 is 0 Å². The summed E-state index contributed by atoms with van der Waals surface area (Å²) in [6.45, 7) is 7.05. The lowest BCUT2D eigenvalue weighted by Crippen LogP contribution is -2.44. The molecule has 3 aromatic rings. The van der Waals surface area contributed by atoms with Crippen molar-refractivity contribution >= 4 is 17.3 Å². The molecule has 5 rings (SSSR count). The third kappa shape index (κ3) is 4.44. The monoisotopic (exact) mass is 441 g/mol. The van der Waals surface area contributed by atoms with E-state index in [9.17, 15) is 0 Å². The Balaban J connectivity index is 1.50. The Labute approximate surface area is 195 Å². The number of hydrogen-bond acceptors (Lipinski definition) is 6. The van der Waals surface area contributed by atoms with Gasteiger partial charge >= 0.3 is 0 Å². The third-order valence-corrected chi connectivity index (χ3v) is 7.00. The first-order valence-corrected chi connectivity index (χ1v) is 11.8. The summed E-state index contributed by atoms with van der Waals surface area (Å²) in [4.78, 5) is 9.29. The number of anilines is 3. The van der Waals surface area contributed by atoms with E-state index in [1.54, 1.807) is 6.33 Å². The van der Waals surface area contributed by atoms with E-state index in [0.717, 1.165) is 56.8 Å². The number of nitrogens with zero attached hydrogens (tertiary/aromatic N) is 6. The highest BCUT2D eigenvalue weighted by Gasteiger charge is 2.46. The standard InChI is InChI=1S/C26H31N7/c1-3-33-19-28-25(30-33)29-23-16-22(17-24(18-23)32-14-12-31(2)13-15-32)26(9-10-26)21-6-4-20(5-7-21)8-11-27/h4-7,16-19H,3,8-10,12-15H2,1-2H3,(H,29,30). The molecule has 0 radical (unpaired) electrons. The number of rotatable bonds is 7. The summed E-state index contributed by atoms with van der Waals surface area (Å²) < 4.78 is 1.83. The minimum absolute atomic E-state index is 0.0421. The Morgan fingerprint density at radius 1 is 1.03 bits per heavy atom. The van der Waals surface area contributed by atoms with Crippen LogP contribution in [0.1, 0.15) is 36.5 Å². The molecule has 2 fully saturated rings. The maximum absolute atomic E-state index is 9.00. The molecule has 1 saturated carbocycles. The van der Waals surface area contributed by atoms with Gasteiger partial charge in [-0.2, -0.15) is 5.26 Å². The van der Waals surface area contributed by atoms with Gasteiger partial charge in [0.25, 0.3) is 0 Å². The molecule has 1 aromatic heterocycles. The molecule has 0 spiro atoms. The van der Waals surface area contributed by atoms with Crippen LogP contribution in [0.3, 0.4) is 0 Å². The molecule has 7 nitrogen and oxygen atoms in total. The predicted octanol–water partition coefficient (Wildman–Crippen LogP) is 3.94. The van der Waals surface area contributed by atoms with Gasteiger partial charge in [0.05, 0.1) is 12.5 Å². The van der Waals surface area contributed by atoms with Gasteiger partial charge in [0.15, 0.2) is 0 Å². The molecule has 1 N–H and O–H groups in total. The zero-order valence-electron chi connectivity index (χ0n) is 19.5. The highest BCUT2D eigenvalue weighted by molar-refractivity contribution is 5.67. The Kier molecular flexibility index (Phi) is 5.77. The molecular weight excluding hydrogens is 410 g/mol. The van der Waals surface area contributed by atoms with Gasteiger partial charge in [0.2, 0.25) is 5.95 Å². The van der Waals surface area contributed by atoms with Crippen molar-refractivity contribution in [2.45, 2.75) is 38.1 Å². The largest absolute Gasteiger partial charge is 0.369 e. The molecule has 1 saturated heterocycles. The van der Waals surface area contributed by atoms with Gasteiger partial charge in [-0.1, -0.05) is 24.3 Å². The number of likely N-dealkylation sites (N-methyl/N-ethyl adjacent to an activating group) is 1. The van der Waals surface area contributed by atoms with Crippen molar-refractivity contribution in [3.63, 3.8) is 0 Å². The summed E-state index contributed by atoms with van der Waals surface area (Å²) in [7, 11) is 2.19. The van der Waals surface area contributed by atoms with Crippen molar-refractivity contribution < 1.29 is 0 Å². The predicted molar refractivity (Wildman–Crippen MR) is 131 cm³/mol. The highest BCUT2D eigenvalue weighted by Crippen LogP contribution is 2.54. The van der Waals surface area contributed by atoms with Crippen molar-refractivity contribution in [1.29, 1.82) is 5.26 Å². The molecule has 2 aliphatic rings. The smallest absolute Gasteiger partial charge is 0.246 e. The fourth-order valence-electron chi connectivity index (χ4n) is 4.74. The fourth-order valence-corrected chi connectivity index (χ4v) is 4.74. The quantitative estimate of drug-likeness (QED) is 0.599. The zero-order chi connectivity index (χ0) is 22.8. The molecule has 2 heterocycles. The van der Waals surface area contributed by atoms with Crippen LogP contribution in [-0.4, -0.2) is 52.9 Å². The highest BCUT2D eigenvalue weighted by atomic mass is 15.4. The van der Waals surface area contributed by atoms with E-state index in [-0.39, 0.29) is 5.41 Å². The number of nitriles is 1. The summed E-state index contributed by atoms with van der Waals surface area (Å²) in [5.41, 5.74) is 6.07. The Morgan fingerprint density at radius 2 is 1.79 bits per heavy atom. The van der Waals surface area contributed by atoms with Crippen molar-refractivity contribution in [2.75, 3.05) is 43.4 Å². The molecule has 0 atom stereocenters.